The van der Waals surface area contributed by atoms with Crippen LogP contribution in [-0.2, 0) is 24.3 Å². The third-order valence-electron chi connectivity index (χ3n) is 5.59. The van der Waals surface area contributed by atoms with Crippen molar-refractivity contribution >= 4 is 23.4 Å². The minimum atomic E-state index is -0.185. The number of nitriles is 1. The molecule has 3 aromatic rings. The maximum atomic E-state index is 12.5. The highest BCUT2D eigenvalue weighted by Gasteiger charge is 2.21. The van der Waals surface area contributed by atoms with Crippen LogP contribution in [0, 0.1) is 11.3 Å². The van der Waals surface area contributed by atoms with Crippen LogP contribution in [0.5, 0.6) is 11.5 Å². The molecule has 7 nitrogen and oxygen atoms in total. The maximum Gasteiger partial charge on any atom is 0.234 e. The molecular weight excluding hydrogens is 448 g/mol. The van der Waals surface area contributed by atoms with E-state index in [0.29, 0.717) is 27.8 Å². The molecule has 0 radical (unpaired) electrons. The van der Waals surface area contributed by atoms with Crippen molar-refractivity contribution in [3.8, 4) is 17.6 Å². The average molecular weight is 475 g/mol. The van der Waals surface area contributed by atoms with Crippen LogP contribution in [0.25, 0.3) is 0 Å². The van der Waals surface area contributed by atoms with Crippen LogP contribution >= 0.6 is 11.8 Å². The molecule has 4 rings (SSSR count). The predicted octanol–water partition coefficient (Wildman–Crippen LogP) is 4.26. The lowest BCUT2D eigenvalue weighted by Gasteiger charge is -2.28. The molecule has 0 spiro atoms. The van der Waals surface area contributed by atoms with Gasteiger partial charge in [0.25, 0.3) is 0 Å². The van der Waals surface area contributed by atoms with Crippen molar-refractivity contribution in [2.75, 3.05) is 31.8 Å². The molecule has 174 valence electrons. The summed E-state index contributed by atoms with van der Waals surface area (Å²) in [7, 11) is 3.11. The molecule has 2 aromatic carbocycles. The number of nitrogens with one attached hydrogen (secondary N) is 1. The number of amides is 1. The molecule has 0 fully saturated rings. The third kappa shape index (κ3) is 5.68. The number of thioether (sulfide) groups is 1. The Morgan fingerprint density at radius 3 is 2.68 bits per heavy atom. The number of carbonyl (C=O) groups excluding carboxylic acids is 1. The Bertz CT molecular complexity index is 1210. The van der Waals surface area contributed by atoms with E-state index in [9.17, 15) is 10.1 Å². The Labute approximate surface area is 203 Å². The SMILES string of the molecule is COc1ccc(NC(=O)CSc2nc3c(cc2C#N)CN(Cc2ccccc2)CC3)cc1OC. The first-order chi connectivity index (χ1) is 16.6. The standard InChI is InChI=1S/C26H26N4O3S/c1-32-23-9-8-21(13-24(23)33-2)28-25(31)17-34-26-19(14-27)12-20-16-30(11-10-22(20)29-26)15-18-6-4-3-5-7-18/h3-9,12-13H,10-11,15-17H2,1-2H3,(H,28,31). The highest BCUT2D eigenvalue weighted by atomic mass is 32.2. The minimum absolute atomic E-state index is 0.148. The Kier molecular flexibility index (Phi) is 7.68. The number of hydrogen-bond acceptors (Lipinski definition) is 7. The van der Waals surface area contributed by atoms with Gasteiger partial charge < -0.3 is 14.8 Å². The van der Waals surface area contributed by atoms with E-state index >= 15 is 0 Å². The van der Waals surface area contributed by atoms with Crippen molar-refractivity contribution in [1.82, 2.24) is 9.88 Å². The van der Waals surface area contributed by atoms with Crippen molar-refractivity contribution in [2.24, 2.45) is 0 Å². The molecule has 0 aliphatic carbocycles. The second-order valence-corrected chi connectivity index (χ2v) is 8.88. The van der Waals surface area contributed by atoms with Crippen LogP contribution < -0.4 is 14.8 Å². The number of anilines is 1. The van der Waals surface area contributed by atoms with E-state index in [4.69, 9.17) is 14.5 Å². The number of carbonyl (C=O) groups is 1. The zero-order chi connectivity index (χ0) is 23.9. The van der Waals surface area contributed by atoms with Gasteiger partial charge in [0.05, 0.1) is 25.5 Å². The van der Waals surface area contributed by atoms with Gasteiger partial charge in [0.2, 0.25) is 5.91 Å². The summed E-state index contributed by atoms with van der Waals surface area (Å²) in [5.74, 6) is 1.09. The number of rotatable bonds is 8. The Morgan fingerprint density at radius 1 is 1.15 bits per heavy atom. The van der Waals surface area contributed by atoms with Crippen molar-refractivity contribution in [3.63, 3.8) is 0 Å². The van der Waals surface area contributed by atoms with Crippen LogP contribution in [0.15, 0.2) is 59.6 Å². The largest absolute Gasteiger partial charge is 0.493 e. The fraction of sp³-hybridized carbons (Fsp3) is 0.269. The molecule has 2 heterocycles. The molecule has 34 heavy (non-hydrogen) atoms. The summed E-state index contributed by atoms with van der Waals surface area (Å²) in [6.45, 7) is 2.54. The monoisotopic (exact) mass is 474 g/mol. The summed E-state index contributed by atoms with van der Waals surface area (Å²) in [5, 5.41) is 13.1. The van der Waals surface area contributed by atoms with E-state index in [1.54, 1.807) is 32.4 Å². The van der Waals surface area contributed by atoms with Gasteiger partial charge in [0.15, 0.2) is 11.5 Å². The van der Waals surface area contributed by atoms with Gasteiger partial charge in [-0.1, -0.05) is 42.1 Å². The van der Waals surface area contributed by atoms with Gasteiger partial charge in [0.1, 0.15) is 11.1 Å². The van der Waals surface area contributed by atoms with Gasteiger partial charge in [-0.25, -0.2) is 4.98 Å². The van der Waals surface area contributed by atoms with E-state index < -0.39 is 0 Å². The van der Waals surface area contributed by atoms with E-state index in [1.165, 1.54) is 17.3 Å². The van der Waals surface area contributed by atoms with Gasteiger partial charge in [-0.2, -0.15) is 5.26 Å². The lowest BCUT2D eigenvalue weighted by atomic mass is 10.0. The first-order valence-corrected chi connectivity index (χ1v) is 11.9. The number of benzene rings is 2. The predicted molar refractivity (Wildman–Crippen MR) is 132 cm³/mol. The first kappa shape index (κ1) is 23.6. The van der Waals surface area contributed by atoms with Gasteiger partial charge in [-0.15, -0.1) is 0 Å². The highest BCUT2D eigenvalue weighted by molar-refractivity contribution is 8.00. The van der Waals surface area contributed by atoms with Crippen molar-refractivity contribution in [3.05, 3.63) is 77.0 Å². The molecule has 1 aromatic heterocycles. The minimum Gasteiger partial charge on any atom is -0.493 e. The molecule has 0 saturated heterocycles. The number of ether oxygens (including phenoxy) is 2. The van der Waals surface area contributed by atoms with Crippen LogP contribution in [0.3, 0.4) is 0 Å². The molecule has 0 bridgehead atoms. The number of nitrogens with zero attached hydrogens (tertiary/aromatic N) is 3. The van der Waals surface area contributed by atoms with Gasteiger partial charge in [0, 0.05) is 43.5 Å². The summed E-state index contributed by atoms with van der Waals surface area (Å²) in [6.07, 6.45) is 0.819. The maximum absolute atomic E-state index is 12.5. The van der Waals surface area contributed by atoms with Crippen molar-refractivity contribution < 1.29 is 14.3 Å². The fourth-order valence-electron chi connectivity index (χ4n) is 3.92. The van der Waals surface area contributed by atoms with Crippen LogP contribution in [0.2, 0.25) is 0 Å². The number of aromatic nitrogens is 1. The smallest absolute Gasteiger partial charge is 0.234 e. The molecule has 8 heteroatoms. The Balaban J connectivity index is 1.39. The quantitative estimate of drug-likeness (QED) is 0.488. The first-order valence-electron chi connectivity index (χ1n) is 10.9. The number of hydrogen-bond donors (Lipinski definition) is 1. The second-order valence-electron chi connectivity index (χ2n) is 7.91. The van der Waals surface area contributed by atoms with E-state index in [1.807, 2.05) is 24.3 Å². The van der Waals surface area contributed by atoms with Crippen molar-refractivity contribution in [1.29, 1.82) is 5.26 Å². The molecular formula is C26H26N4O3S. The van der Waals surface area contributed by atoms with E-state index in [0.717, 1.165) is 37.3 Å². The van der Waals surface area contributed by atoms with Crippen LogP contribution in [-0.4, -0.2) is 42.3 Å². The van der Waals surface area contributed by atoms with Gasteiger partial charge in [-0.05, 0) is 29.3 Å². The molecule has 0 atom stereocenters. The number of methoxy groups -OCH3 is 2. The average Bonchev–Trinajstić information content (AvgIpc) is 2.87. The topological polar surface area (TPSA) is 87.5 Å². The molecule has 1 amide bonds. The molecule has 1 aliphatic heterocycles. The molecule has 0 saturated carbocycles. The van der Waals surface area contributed by atoms with Gasteiger partial charge in [-0.3, -0.25) is 9.69 Å². The fourth-order valence-corrected chi connectivity index (χ4v) is 4.70. The van der Waals surface area contributed by atoms with E-state index in [-0.39, 0.29) is 11.7 Å². The zero-order valence-electron chi connectivity index (χ0n) is 19.2. The van der Waals surface area contributed by atoms with Crippen molar-refractivity contribution in [2.45, 2.75) is 24.5 Å². The second kappa shape index (κ2) is 11.1. The number of pyridine rings is 1. The van der Waals surface area contributed by atoms with Gasteiger partial charge >= 0.3 is 0 Å². The number of fused-ring (bicyclic) bond motifs is 1. The summed E-state index contributed by atoms with van der Waals surface area (Å²) in [4.78, 5) is 19.6. The van der Waals surface area contributed by atoms with Crippen LogP contribution in [0.1, 0.15) is 22.4 Å². The Hall–Kier alpha value is -3.54. The summed E-state index contributed by atoms with van der Waals surface area (Å²) in [6, 6.07) is 19.7. The third-order valence-corrected chi connectivity index (χ3v) is 6.58. The summed E-state index contributed by atoms with van der Waals surface area (Å²) >= 11 is 1.28. The van der Waals surface area contributed by atoms with E-state index in [2.05, 4.69) is 28.4 Å². The lowest BCUT2D eigenvalue weighted by Crippen LogP contribution is -2.31. The molecule has 0 unspecified atom stereocenters. The summed E-state index contributed by atoms with van der Waals surface area (Å²) < 4.78 is 10.5. The normalized spacial score (nSPS) is 13.0. The highest BCUT2D eigenvalue weighted by Crippen LogP contribution is 2.30. The zero-order valence-corrected chi connectivity index (χ0v) is 20.0. The molecule has 1 aliphatic rings. The van der Waals surface area contributed by atoms with Crippen LogP contribution in [0.4, 0.5) is 5.69 Å². The lowest BCUT2D eigenvalue weighted by molar-refractivity contribution is -0.113. The molecule has 1 N–H and O–H groups in total. The Morgan fingerprint density at radius 2 is 1.94 bits per heavy atom. The summed E-state index contributed by atoms with van der Waals surface area (Å²) in [5.41, 5.74) is 4.47.